The summed E-state index contributed by atoms with van der Waals surface area (Å²) in [5.74, 6) is -0.0254. The van der Waals surface area contributed by atoms with Gasteiger partial charge >= 0.3 is 0 Å². The van der Waals surface area contributed by atoms with E-state index in [0.29, 0.717) is 6.54 Å². The normalized spacial score (nSPS) is 13.1. The maximum Gasteiger partial charge on any atom is 0.251 e. The average molecular weight is 331 g/mol. The smallest absolute Gasteiger partial charge is 0.251 e. The van der Waals surface area contributed by atoms with Gasteiger partial charge in [-0.1, -0.05) is 34.1 Å². The number of nitrogens with one attached hydrogen (secondary N) is 2. The van der Waals surface area contributed by atoms with E-state index in [1.165, 1.54) is 11.1 Å². The summed E-state index contributed by atoms with van der Waals surface area (Å²) in [6, 6.07) is 13.8. The van der Waals surface area contributed by atoms with E-state index in [-0.39, 0.29) is 5.91 Å². The van der Waals surface area contributed by atoms with Crippen LogP contribution in [-0.4, -0.2) is 5.91 Å². The number of hydrogen-bond acceptors (Lipinski definition) is 2. The van der Waals surface area contributed by atoms with Crippen LogP contribution in [0.15, 0.2) is 46.9 Å². The van der Waals surface area contributed by atoms with E-state index >= 15 is 0 Å². The van der Waals surface area contributed by atoms with Gasteiger partial charge in [0.15, 0.2) is 0 Å². The molecule has 0 unspecified atom stereocenters. The minimum atomic E-state index is -0.0254. The van der Waals surface area contributed by atoms with Gasteiger partial charge in [-0.3, -0.25) is 4.79 Å². The van der Waals surface area contributed by atoms with Gasteiger partial charge in [0.1, 0.15) is 0 Å². The van der Waals surface area contributed by atoms with Crippen LogP contribution in [0.5, 0.6) is 0 Å². The van der Waals surface area contributed by atoms with Crippen molar-refractivity contribution >= 4 is 21.8 Å². The first kappa shape index (κ1) is 13.3. The highest BCUT2D eigenvalue weighted by Gasteiger charge is 2.13. The summed E-state index contributed by atoms with van der Waals surface area (Å²) < 4.78 is 1.04. The van der Waals surface area contributed by atoms with Gasteiger partial charge in [-0.15, -0.1) is 0 Å². The summed E-state index contributed by atoms with van der Waals surface area (Å²) in [7, 11) is 0. The van der Waals surface area contributed by atoms with Crippen molar-refractivity contribution in [3.8, 4) is 0 Å². The molecular formula is C16H15BrN2O. The molecule has 3 rings (SSSR count). The maximum absolute atomic E-state index is 12.1. The Morgan fingerprint density at radius 1 is 1.10 bits per heavy atom. The van der Waals surface area contributed by atoms with Crippen LogP contribution < -0.4 is 10.6 Å². The zero-order valence-electron chi connectivity index (χ0n) is 10.9. The standard InChI is InChI=1S/C16H15BrN2O/c17-15-5-1-11(2-6-15)8-19-16(20)12-3-4-13-9-18-10-14(13)7-12/h1-7,18H,8-10H2,(H,19,20). The highest BCUT2D eigenvalue weighted by Crippen LogP contribution is 2.17. The van der Waals surface area contributed by atoms with E-state index in [0.717, 1.165) is 28.7 Å². The van der Waals surface area contributed by atoms with E-state index in [1.54, 1.807) is 0 Å². The number of rotatable bonds is 3. The van der Waals surface area contributed by atoms with Crippen LogP contribution in [0.3, 0.4) is 0 Å². The first-order valence-electron chi connectivity index (χ1n) is 6.57. The van der Waals surface area contributed by atoms with E-state index in [4.69, 9.17) is 0 Å². The second-order valence-electron chi connectivity index (χ2n) is 4.90. The second-order valence-corrected chi connectivity index (χ2v) is 5.81. The molecule has 2 N–H and O–H groups in total. The zero-order chi connectivity index (χ0) is 13.9. The molecule has 0 bridgehead atoms. The van der Waals surface area contributed by atoms with Crippen molar-refractivity contribution in [3.63, 3.8) is 0 Å². The molecule has 0 aliphatic carbocycles. The van der Waals surface area contributed by atoms with Gasteiger partial charge in [0.2, 0.25) is 0 Å². The minimum Gasteiger partial charge on any atom is -0.348 e. The van der Waals surface area contributed by atoms with E-state index in [9.17, 15) is 4.79 Å². The Hall–Kier alpha value is -1.65. The van der Waals surface area contributed by atoms with Crippen LogP contribution >= 0.6 is 15.9 Å². The quantitative estimate of drug-likeness (QED) is 0.908. The number of fused-ring (bicyclic) bond motifs is 1. The van der Waals surface area contributed by atoms with Crippen LogP contribution in [0.25, 0.3) is 0 Å². The first-order chi connectivity index (χ1) is 9.72. The SMILES string of the molecule is O=C(NCc1ccc(Br)cc1)c1ccc2c(c1)CNC2. The van der Waals surface area contributed by atoms with Crippen molar-refractivity contribution in [2.75, 3.05) is 0 Å². The average Bonchev–Trinajstić information content (AvgIpc) is 2.93. The van der Waals surface area contributed by atoms with Crippen molar-refractivity contribution < 1.29 is 4.79 Å². The molecule has 0 radical (unpaired) electrons. The molecule has 2 aromatic rings. The largest absolute Gasteiger partial charge is 0.348 e. The summed E-state index contributed by atoms with van der Waals surface area (Å²) in [4.78, 5) is 12.1. The predicted molar refractivity (Wildman–Crippen MR) is 82.3 cm³/mol. The van der Waals surface area contributed by atoms with Crippen molar-refractivity contribution in [2.24, 2.45) is 0 Å². The van der Waals surface area contributed by atoms with Crippen LogP contribution in [0.2, 0.25) is 0 Å². The highest BCUT2D eigenvalue weighted by atomic mass is 79.9. The monoisotopic (exact) mass is 330 g/mol. The number of hydrogen-bond donors (Lipinski definition) is 2. The zero-order valence-corrected chi connectivity index (χ0v) is 12.5. The fraction of sp³-hybridized carbons (Fsp3) is 0.188. The van der Waals surface area contributed by atoms with Gasteiger partial charge in [-0.25, -0.2) is 0 Å². The van der Waals surface area contributed by atoms with E-state index in [2.05, 4.69) is 26.6 Å². The van der Waals surface area contributed by atoms with Gasteiger partial charge in [-0.05, 0) is 41.0 Å². The number of amides is 1. The molecule has 1 heterocycles. The maximum atomic E-state index is 12.1. The third kappa shape index (κ3) is 2.92. The fourth-order valence-corrected chi connectivity index (χ4v) is 2.59. The van der Waals surface area contributed by atoms with Crippen LogP contribution in [0, 0.1) is 0 Å². The Labute approximate surface area is 126 Å². The highest BCUT2D eigenvalue weighted by molar-refractivity contribution is 9.10. The molecule has 3 nitrogen and oxygen atoms in total. The molecule has 20 heavy (non-hydrogen) atoms. The molecule has 0 aromatic heterocycles. The molecule has 0 atom stereocenters. The van der Waals surface area contributed by atoms with Gasteiger partial charge in [0.05, 0.1) is 0 Å². The molecule has 1 amide bonds. The number of benzene rings is 2. The fourth-order valence-electron chi connectivity index (χ4n) is 2.32. The van der Waals surface area contributed by atoms with Gasteiger partial charge in [-0.2, -0.15) is 0 Å². The van der Waals surface area contributed by atoms with Crippen molar-refractivity contribution in [2.45, 2.75) is 19.6 Å². The molecule has 4 heteroatoms. The number of carbonyl (C=O) groups excluding carboxylic acids is 1. The molecule has 2 aromatic carbocycles. The summed E-state index contributed by atoms with van der Waals surface area (Å²) in [5, 5.41) is 6.23. The molecule has 1 aliphatic rings. The van der Waals surface area contributed by atoms with Crippen molar-refractivity contribution in [3.05, 3.63) is 69.2 Å². The Kier molecular flexibility index (Phi) is 3.85. The summed E-state index contributed by atoms with van der Waals surface area (Å²) >= 11 is 3.40. The van der Waals surface area contributed by atoms with Crippen LogP contribution in [-0.2, 0) is 19.6 Å². The topological polar surface area (TPSA) is 41.1 Å². The lowest BCUT2D eigenvalue weighted by molar-refractivity contribution is 0.0951. The van der Waals surface area contributed by atoms with Crippen LogP contribution in [0.4, 0.5) is 0 Å². The van der Waals surface area contributed by atoms with Gasteiger partial charge in [0, 0.05) is 29.7 Å². The van der Waals surface area contributed by atoms with Gasteiger partial charge < -0.3 is 10.6 Å². The lowest BCUT2D eigenvalue weighted by Gasteiger charge is -2.07. The Morgan fingerprint density at radius 3 is 2.65 bits per heavy atom. The molecule has 102 valence electrons. The Balaban J connectivity index is 1.66. The minimum absolute atomic E-state index is 0.0254. The Morgan fingerprint density at radius 2 is 1.85 bits per heavy atom. The lowest BCUT2D eigenvalue weighted by Crippen LogP contribution is -2.22. The Bertz CT molecular complexity index is 637. The van der Waals surface area contributed by atoms with Crippen molar-refractivity contribution in [1.82, 2.24) is 10.6 Å². The van der Waals surface area contributed by atoms with Crippen molar-refractivity contribution in [1.29, 1.82) is 0 Å². The third-order valence-electron chi connectivity index (χ3n) is 3.47. The molecule has 1 aliphatic heterocycles. The summed E-state index contributed by atoms with van der Waals surface area (Å²) in [6.45, 7) is 2.29. The summed E-state index contributed by atoms with van der Waals surface area (Å²) in [6.07, 6.45) is 0. The molecule has 0 spiro atoms. The first-order valence-corrected chi connectivity index (χ1v) is 7.37. The molecular weight excluding hydrogens is 316 g/mol. The lowest BCUT2D eigenvalue weighted by atomic mass is 10.1. The van der Waals surface area contributed by atoms with Crippen LogP contribution in [0.1, 0.15) is 27.0 Å². The van der Waals surface area contributed by atoms with E-state index in [1.807, 2.05) is 42.5 Å². The second kappa shape index (κ2) is 5.77. The van der Waals surface area contributed by atoms with Gasteiger partial charge in [0.25, 0.3) is 5.91 Å². The van der Waals surface area contributed by atoms with E-state index < -0.39 is 0 Å². The third-order valence-corrected chi connectivity index (χ3v) is 3.99. The number of halogens is 1. The molecule has 0 saturated carbocycles. The molecule has 0 fully saturated rings. The molecule has 0 saturated heterocycles. The number of carbonyl (C=O) groups is 1. The predicted octanol–water partition coefficient (Wildman–Crippen LogP) is 2.98. The summed E-state index contributed by atoms with van der Waals surface area (Å²) in [5.41, 5.74) is 4.32.